The minimum atomic E-state index is 0.0196. The van der Waals surface area contributed by atoms with Gasteiger partial charge in [-0.25, -0.2) is 4.98 Å². The van der Waals surface area contributed by atoms with Gasteiger partial charge in [-0.05, 0) is 30.7 Å². The zero-order valence-corrected chi connectivity index (χ0v) is 11.1. The third kappa shape index (κ3) is 2.02. The van der Waals surface area contributed by atoms with E-state index in [0.29, 0.717) is 5.92 Å². The standard InChI is InChI=1S/C16H15N3O/c20-16-15(18-16)12-6-8-19(10-12)9-11-5-7-17-14-4-2-1-3-13(11)14/h1-5,7,12H,6,8-10H2. The largest absolute Gasteiger partial charge is 0.298 e. The molecule has 2 aromatic heterocycles. The number of rotatable bonds is 3. The summed E-state index contributed by atoms with van der Waals surface area (Å²) in [6, 6.07) is 10.3. The van der Waals surface area contributed by atoms with Crippen molar-refractivity contribution in [2.75, 3.05) is 13.1 Å². The van der Waals surface area contributed by atoms with Crippen molar-refractivity contribution in [3.05, 3.63) is 58.1 Å². The maximum Gasteiger partial charge on any atom is 0.292 e. The maximum atomic E-state index is 11.1. The SMILES string of the molecule is O=c1nc1C1CCN(Cc2ccnc3ccccc23)C1. The molecular formula is C16H15N3O. The third-order valence-electron chi connectivity index (χ3n) is 4.18. The molecule has 0 aliphatic carbocycles. The lowest BCUT2D eigenvalue weighted by atomic mass is 10.1. The van der Waals surface area contributed by atoms with Gasteiger partial charge < -0.3 is 0 Å². The Balaban J connectivity index is 1.55. The van der Waals surface area contributed by atoms with E-state index in [1.807, 2.05) is 18.3 Å². The lowest BCUT2D eigenvalue weighted by Crippen LogP contribution is -2.19. The minimum Gasteiger partial charge on any atom is -0.298 e. The van der Waals surface area contributed by atoms with Crippen LogP contribution >= 0.6 is 0 Å². The van der Waals surface area contributed by atoms with E-state index < -0.39 is 0 Å². The number of hydrogen-bond acceptors (Lipinski definition) is 4. The van der Waals surface area contributed by atoms with Crippen LogP contribution in [0.2, 0.25) is 0 Å². The first-order valence-electron chi connectivity index (χ1n) is 6.99. The van der Waals surface area contributed by atoms with Crippen molar-refractivity contribution < 1.29 is 0 Å². The Morgan fingerprint density at radius 3 is 2.95 bits per heavy atom. The average molecular weight is 265 g/mol. The number of nitrogens with zero attached hydrogens (tertiary/aromatic N) is 3. The van der Waals surface area contributed by atoms with Crippen LogP contribution in [0.15, 0.2) is 41.3 Å². The van der Waals surface area contributed by atoms with E-state index in [2.05, 4.69) is 33.1 Å². The van der Waals surface area contributed by atoms with Crippen molar-refractivity contribution >= 4 is 10.9 Å². The topological polar surface area (TPSA) is 46.1 Å². The molecule has 1 atom stereocenters. The van der Waals surface area contributed by atoms with Crippen LogP contribution in [0, 0.1) is 0 Å². The van der Waals surface area contributed by atoms with Crippen LogP contribution in [-0.2, 0) is 6.54 Å². The fourth-order valence-electron chi connectivity index (χ4n) is 3.08. The number of benzene rings is 1. The summed E-state index contributed by atoms with van der Waals surface area (Å²) < 4.78 is 0. The zero-order chi connectivity index (χ0) is 13.5. The van der Waals surface area contributed by atoms with Gasteiger partial charge in [-0.15, -0.1) is 0 Å². The Kier molecular flexibility index (Phi) is 2.63. The van der Waals surface area contributed by atoms with E-state index in [9.17, 15) is 4.79 Å². The lowest BCUT2D eigenvalue weighted by molar-refractivity contribution is 0.328. The highest BCUT2D eigenvalue weighted by molar-refractivity contribution is 5.81. The molecule has 0 bridgehead atoms. The van der Waals surface area contributed by atoms with Crippen molar-refractivity contribution in [2.45, 2.75) is 18.9 Å². The second-order valence-corrected chi connectivity index (χ2v) is 5.51. The molecule has 4 nitrogen and oxygen atoms in total. The number of fused-ring (bicyclic) bond motifs is 1. The summed E-state index contributed by atoms with van der Waals surface area (Å²) in [5, 5.41) is 1.22. The number of para-hydroxylation sites is 1. The molecular weight excluding hydrogens is 250 g/mol. The number of likely N-dealkylation sites (tertiary alicyclic amines) is 1. The van der Waals surface area contributed by atoms with Crippen LogP contribution in [0.4, 0.5) is 0 Å². The van der Waals surface area contributed by atoms with Gasteiger partial charge in [-0.2, -0.15) is 0 Å². The van der Waals surface area contributed by atoms with Gasteiger partial charge in [0.05, 0.1) is 5.52 Å². The Morgan fingerprint density at radius 2 is 2.10 bits per heavy atom. The van der Waals surface area contributed by atoms with E-state index in [1.165, 1.54) is 10.9 Å². The Morgan fingerprint density at radius 1 is 1.25 bits per heavy atom. The third-order valence-corrected chi connectivity index (χ3v) is 4.18. The predicted molar refractivity (Wildman–Crippen MR) is 77.3 cm³/mol. The molecule has 0 spiro atoms. The molecule has 1 aromatic carbocycles. The van der Waals surface area contributed by atoms with Crippen molar-refractivity contribution in [1.82, 2.24) is 14.9 Å². The minimum absolute atomic E-state index is 0.0196. The molecule has 4 heteroatoms. The van der Waals surface area contributed by atoms with Crippen molar-refractivity contribution in [1.29, 1.82) is 0 Å². The number of aromatic nitrogens is 2. The van der Waals surface area contributed by atoms with E-state index in [-0.39, 0.29) is 5.56 Å². The maximum absolute atomic E-state index is 11.1. The fraction of sp³-hybridized carbons (Fsp3) is 0.312. The molecule has 100 valence electrons. The van der Waals surface area contributed by atoms with Gasteiger partial charge >= 0.3 is 0 Å². The summed E-state index contributed by atoms with van der Waals surface area (Å²) in [6.45, 7) is 2.90. The Bertz CT molecular complexity index is 767. The summed E-state index contributed by atoms with van der Waals surface area (Å²) in [6.07, 6.45) is 2.92. The smallest absolute Gasteiger partial charge is 0.292 e. The molecule has 3 heterocycles. The highest BCUT2D eigenvalue weighted by atomic mass is 16.1. The van der Waals surface area contributed by atoms with Crippen molar-refractivity contribution in [3.8, 4) is 0 Å². The van der Waals surface area contributed by atoms with Crippen LogP contribution in [0.1, 0.15) is 23.6 Å². The molecule has 3 aromatic rings. The van der Waals surface area contributed by atoms with E-state index in [1.54, 1.807) is 0 Å². The molecule has 0 amide bonds. The van der Waals surface area contributed by atoms with Crippen LogP contribution in [0.3, 0.4) is 0 Å². The number of pyridine rings is 1. The number of hydrogen-bond donors (Lipinski definition) is 0. The zero-order valence-electron chi connectivity index (χ0n) is 11.1. The summed E-state index contributed by atoms with van der Waals surface area (Å²) in [5.41, 5.74) is 3.18. The van der Waals surface area contributed by atoms with Gasteiger partial charge in [0.2, 0.25) is 0 Å². The second kappa shape index (κ2) is 4.49. The summed E-state index contributed by atoms with van der Waals surface area (Å²) in [7, 11) is 0. The van der Waals surface area contributed by atoms with Crippen molar-refractivity contribution in [2.24, 2.45) is 0 Å². The predicted octanol–water partition coefficient (Wildman–Crippen LogP) is 1.86. The molecule has 1 aliphatic heterocycles. The van der Waals surface area contributed by atoms with Crippen LogP contribution in [-0.4, -0.2) is 28.0 Å². The Hall–Kier alpha value is -2.07. The first kappa shape index (κ1) is 11.7. The Labute approximate surface area is 116 Å². The molecule has 0 saturated carbocycles. The molecule has 1 unspecified atom stereocenters. The fourth-order valence-corrected chi connectivity index (χ4v) is 3.08. The molecule has 1 aliphatic rings. The van der Waals surface area contributed by atoms with E-state index in [0.717, 1.165) is 37.3 Å². The summed E-state index contributed by atoms with van der Waals surface area (Å²) >= 11 is 0. The van der Waals surface area contributed by atoms with Gasteiger partial charge in [-0.3, -0.25) is 14.7 Å². The quantitative estimate of drug-likeness (QED) is 0.725. The van der Waals surface area contributed by atoms with Gasteiger partial charge in [0.25, 0.3) is 5.56 Å². The molecule has 0 N–H and O–H groups in total. The van der Waals surface area contributed by atoms with Crippen molar-refractivity contribution in [3.63, 3.8) is 0 Å². The molecule has 1 saturated heterocycles. The van der Waals surface area contributed by atoms with E-state index >= 15 is 0 Å². The van der Waals surface area contributed by atoms with E-state index in [4.69, 9.17) is 0 Å². The van der Waals surface area contributed by atoms with Gasteiger partial charge in [0, 0.05) is 30.6 Å². The lowest BCUT2D eigenvalue weighted by Gasteiger charge is -2.16. The van der Waals surface area contributed by atoms with Crippen LogP contribution in [0.25, 0.3) is 10.9 Å². The monoisotopic (exact) mass is 265 g/mol. The molecule has 20 heavy (non-hydrogen) atoms. The molecule has 4 rings (SSSR count). The van der Waals surface area contributed by atoms with Gasteiger partial charge in [0.1, 0.15) is 5.69 Å². The summed E-state index contributed by atoms with van der Waals surface area (Å²) in [4.78, 5) is 21.8. The van der Waals surface area contributed by atoms with Gasteiger partial charge in [-0.1, -0.05) is 18.2 Å². The van der Waals surface area contributed by atoms with Gasteiger partial charge in [0.15, 0.2) is 0 Å². The first-order chi connectivity index (χ1) is 9.81. The van der Waals surface area contributed by atoms with Crippen LogP contribution in [0.5, 0.6) is 0 Å². The molecule has 1 fully saturated rings. The average Bonchev–Trinajstić information content (AvgIpc) is 3.02. The van der Waals surface area contributed by atoms with Crippen LogP contribution < -0.4 is 5.56 Å². The normalized spacial score (nSPS) is 20.1. The highest BCUT2D eigenvalue weighted by Gasteiger charge is 2.30. The molecule has 0 radical (unpaired) electrons. The first-order valence-corrected chi connectivity index (χ1v) is 6.99. The highest BCUT2D eigenvalue weighted by Crippen LogP contribution is 2.27. The summed E-state index contributed by atoms with van der Waals surface area (Å²) in [5.74, 6) is 0.357. The second-order valence-electron chi connectivity index (χ2n) is 5.51.